The number of fused-ring (bicyclic) bond motifs is 4. The minimum absolute atomic E-state index is 0.272. The van der Waals surface area contributed by atoms with Crippen LogP contribution in [0.5, 0.6) is 0 Å². The summed E-state index contributed by atoms with van der Waals surface area (Å²) >= 11 is 0. The maximum Gasteiger partial charge on any atom is 0.171 e. The van der Waals surface area contributed by atoms with Gasteiger partial charge in [0.2, 0.25) is 0 Å². The van der Waals surface area contributed by atoms with Gasteiger partial charge in [-0.15, -0.1) is 0 Å². The average molecular weight is 787 g/mol. The van der Waals surface area contributed by atoms with Crippen LogP contribution in [0.25, 0.3) is 71.7 Å². The van der Waals surface area contributed by atoms with Gasteiger partial charge in [0, 0.05) is 38.9 Å². The second kappa shape index (κ2) is 14.9. The lowest BCUT2D eigenvalue weighted by molar-refractivity contribution is 0.592. The summed E-state index contributed by atoms with van der Waals surface area (Å²) in [4.78, 5) is 10.9. The summed E-state index contributed by atoms with van der Waals surface area (Å²) in [7, 11) is -3.22. The molecule has 1 heterocycles. The van der Waals surface area contributed by atoms with Crippen molar-refractivity contribution in [2.45, 2.75) is 0 Å². The van der Waals surface area contributed by atoms with Crippen LogP contribution in [0.2, 0.25) is 0 Å². The fraction of sp³-hybridized carbons (Fsp3) is 0.0357. The van der Waals surface area contributed by atoms with Gasteiger partial charge in [-0.1, -0.05) is 206 Å². The molecule has 0 bridgehead atoms. The van der Waals surface area contributed by atoms with Gasteiger partial charge in [0.05, 0.1) is 11.4 Å². The van der Waals surface area contributed by atoms with Gasteiger partial charge in [0.1, 0.15) is 0 Å². The van der Waals surface area contributed by atoms with Crippen LogP contribution in [0.3, 0.4) is 0 Å². The Morgan fingerprint density at radius 1 is 0.417 bits per heavy atom. The highest BCUT2D eigenvalue weighted by Gasteiger charge is 2.30. The van der Waals surface area contributed by atoms with E-state index in [2.05, 4.69) is 158 Å². The van der Waals surface area contributed by atoms with E-state index >= 15 is 4.57 Å². The maximum atomic E-state index is 15.6. The molecule has 9 aromatic rings. The van der Waals surface area contributed by atoms with Crippen molar-refractivity contribution in [3.8, 4) is 33.8 Å². The summed E-state index contributed by atoms with van der Waals surface area (Å²) in [6.07, 6.45) is 15.7. The molecule has 1 aromatic heterocycles. The van der Waals surface area contributed by atoms with E-state index in [9.17, 15) is 0 Å². The van der Waals surface area contributed by atoms with E-state index in [1.165, 1.54) is 10.8 Å². The van der Waals surface area contributed by atoms with E-state index in [-0.39, 0.29) is 5.92 Å². The molecule has 2 aliphatic carbocycles. The molecule has 0 saturated carbocycles. The molecule has 2 atom stereocenters. The molecule has 2 aliphatic rings. The predicted molar refractivity (Wildman–Crippen MR) is 253 cm³/mol. The summed E-state index contributed by atoms with van der Waals surface area (Å²) in [5, 5.41) is 9.06. The topological polar surface area (TPSA) is 42.9 Å². The Morgan fingerprint density at radius 2 is 0.983 bits per heavy atom. The van der Waals surface area contributed by atoms with Gasteiger partial charge in [0.15, 0.2) is 13.0 Å². The van der Waals surface area contributed by atoms with Crippen molar-refractivity contribution in [1.82, 2.24) is 9.97 Å². The summed E-state index contributed by atoms with van der Waals surface area (Å²) in [5.41, 5.74) is 6.98. The summed E-state index contributed by atoms with van der Waals surface area (Å²) < 4.78 is 15.6. The van der Waals surface area contributed by atoms with Crippen molar-refractivity contribution >= 4 is 60.9 Å². The lowest BCUT2D eigenvalue weighted by Gasteiger charge is -2.23. The van der Waals surface area contributed by atoms with Gasteiger partial charge in [-0.25, -0.2) is 9.97 Å². The lowest BCUT2D eigenvalue weighted by Crippen LogP contribution is -2.25. The number of nitrogens with zero attached hydrogens (tertiary/aromatic N) is 2. The molecule has 60 heavy (non-hydrogen) atoms. The molecule has 284 valence electrons. The van der Waals surface area contributed by atoms with E-state index in [0.717, 1.165) is 76.7 Å². The molecule has 0 fully saturated rings. The Labute approximate surface area is 349 Å². The third kappa shape index (κ3) is 6.18. The first kappa shape index (κ1) is 35.9. The van der Waals surface area contributed by atoms with Crippen molar-refractivity contribution in [3.63, 3.8) is 0 Å². The van der Waals surface area contributed by atoms with E-state index < -0.39 is 7.14 Å². The van der Waals surface area contributed by atoms with Crippen LogP contribution in [0.15, 0.2) is 225 Å². The average Bonchev–Trinajstić information content (AvgIpc) is 3.33. The molecule has 11 rings (SSSR count). The highest BCUT2D eigenvalue weighted by Crippen LogP contribution is 2.46. The Morgan fingerprint density at radius 3 is 1.67 bits per heavy atom. The Bertz CT molecular complexity index is 3210. The number of aromatic nitrogens is 2. The first-order valence-electron chi connectivity index (χ1n) is 20.5. The van der Waals surface area contributed by atoms with Crippen molar-refractivity contribution < 1.29 is 4.57 Å². The highest BCUT2D eigenvalue weighted by molar-refractivity contribution is 7.85. The lowest BCUT2D eigenvalue weighted by atomic mass is 9.82. The zero-order chi connectivity index (χ0) is 40.0. The molecule has 2 unspecified atom stereocenters. The molecule has 0 spiro atoms. The minimum atomic E-state index is -3.22. The smallest absolute Gasteiger partial charge is 0.171 e. The quantitative estimate of drug-likeness (QED) is 0.119. The molecule has 3 nitrogen and oxygen atoms in total. The van der Waals surface area contributed by atoms with Crippen LogP contribution in [0.4, 0.5) is 0 Å². The van der Waals surface area contributed by atoms with E-state index in [1.54, 1.807) is 0 Å². The second-order valence-corrected chi connectivity index (χ2v) is 18.4. The van der Waals surface area contributed by atoms with E-state index in [1.807, 2.05) is 66.7 Å². The molecule has 0 radical (unpaired) electrons. The molecule has 0 saturated heterocycles. The molecule has 0 amide bonds. The Balaban J connectivity index is 1.14. The Kier molecular flexibility index (Phi) is 8.91. The van der Waals surface area contributed by atoms with Crippen LogP contribution in [0.1, 0.15) is 5.69 Å². The number of hydrogen-bond acceptors (Lipinski definition) is 3. The van der Waals surface area contributed by atoms with E-state index in [4.69, 9.17) is 9.97 Å². The molecule has 0 aliphatic heterocycles. The zero-order valence-corrected chi connectivity index (χ0v) is 33.7. The summed E-state index contributed by atoms with van der Waals surface area (Å²) in [6.45, 7) is 0. The number of hydrogen-bond donors (Lipinski definition) is 0. The van der Waals surface area contributed by atoms with Crippen molar-refractivity contribution in [2.75, 3.05) is 0 Å². The Hall–Kier alpha value is -7.19. The standard InChI is InChI=1S/C56H39N2OP/c59-60(45-21-3-1-4-22-45,46-23-5-2-6-24-46)47-25-15-20-44(36-47)54-48-26-11-13-28-50(48)55(51-29-14-12-27-49(51)54)56-57-52(42-32-30-38-16-7-9-18-40(38)34-42)37-53(58-56)43-33-31-39-17-8-10-19-41(39)35-43/h1-38,40H. The van der Waals surface area contributed by atoms with Gasteiger partial charge in [0.25, 0.3) is 0 Å². The zero-order valence-electron chi connectivity index (χ0n) is 32.8. The van der Waals surface area contributed by atoms with Gasteiger partial charge >= 0.3 is 0 Å². The van der Waals surface area contributed by atoms with Crippen LogP contribution < -0.4 is 15.9 Å². The largest absolute Gasteiger partial charge is 0.309 e. The number of allylic oxidation sites excluding steroid dienone is 8. The van der Waals surface area contributed by atoms with Crippen LogP contribution in [-0.4, -0.2) is 9.97 Å². The van der Waals surface area contributed by atoms with Crippen LogP contribution >= 0.6 is 7.14 Å². The van der Waals surface area contributed by atoms with Gasteiger partial charge < -0.3 is 4.57 Å². The van der Waals surface area contributed by atoms with Crippen LogP contribution in [0, 0.1) is 11.8 Å². The van der Waals surface area contributed by atoms with E-state index in [0.29, 0.717) is 11.7 Å². The van der Waals surface area contributed by atoms with Crippen molar-refractivity contribution in [2.24, 2.45) is 11.8 Å². The molecule has 8 aromatic carbocycles. The minimum Gasteiger partial charge on any atom is -0.309 e. The fourth-order valence-corrected chi connectivity index (χ4v) is 11.8. The number of rotatable bonds is 7. The van der Waals surface area contributed by atoms with Gasteiger partial charge in [-0.3, -0.25) is 0 Å². The molecule has 0 N–H and O–H groups in total. The molecular weight excluding hydrogens is 748 g/mol. The molecule has 4 heteroatoms. The first-order valence-corrected chi connectivity index (χ1v) is 22.2. The normalized spacial score (nSPS) is 16.0. The molecular formula is C56H39N2OP. The predicted octanol–water partition coefficient (Wildman–Crippen LogP) is 12.9. The van der Waals surface area contributed by atoms with Gasteiger partial charge in [-0.2, -0.15) is 0 Å². The second-order valence-electron chi connectivity index (χ2n) is 15.6. The maximum absolute atomic E-state index is 15.6. The SMILES string of the molecule is O=P(c1ccccc1)(c1ccccc1)c1cccc(-c2c3ccccc3c(-c3nc(C4=CC5C=CC=CC5C=C4)cc(-c4ccc5ccccc5c4)n3)c3ccccc23)c1. The van der Waals surface area contributed by atoms with Crippen LogP contribution in [-0.2, 0) is 4.57 Å². The number of benzene rings is 8. The highest BCUT2D eigenvalue weighted by atomic mass is 31.2. The van der Waals surface area contributed by atoms with Gasteiger partial charge in [-0.05, 0) is 67.2 Å². The van der Waals surface area contributed by atoms with Crippen molar-refractivity contribution in [3.05, 3.63) is 230 Å². The summed E-state index contributed by atoms with van der Waals surface area (Å²) in [6, 6.07) is 62.5. The van der Waals surface area contributed by atoms with Crippen molar-refractivity contribution in [1.29, 1.82) is 0 Å². The monoisotopic (exact) mass is 786 g/mol. The summed E-state index contributed by atoms with van der Waals surface area (Å²) in [5.74, 6) is 1.29. The fourth-order valence-electron chi connectivity index (χ4n) is 9.11. The third-order valence-corrected chi connectivity index (χ3v) is 15.1. The third-order valence-electron chi connectivity index (χ3n) is 12.1. The first-order chi connectivity index (χ1) is 29.6.